The molecule has 0 aliphatic heterocycles. The van der Waals surface area contributed by atoms with Gasteiger partial charge in [-0.2, -0.15) is 0 Å². The van der Waals surface area contributed by atoms with Crippen LogP contribution in [0.1, 0.15) is 16.1 Å². The summed E-state index contributed by atoms with van der Waals surface area (Å²) in [6.07, 6.45) is 2.98. The number of nitrogens with zero attached hydrogens (tertiary/aromatic N) is 2. The van der Waals surface area contributed by atoms with E-state index in [1.54, 1.807) is 18.4 Å². The third kappa shape index (κ3) is 2.95. The number of amides is 1. The second kappa shape index (κ2) is 6.09. The summed E-state index contributed by atoms with van der Waals surface area (Å²) in [4.78, 5) is 20.5. The van der Waals surface area contributed by atoms with Crippen molar-refractivity contribution in [2.45, 2.75) is 6.54 Å². The number of aromatic nitrogens is 2. The minimum absolute atomic E-state index is 0.144. The molecule has 1 amide bonds. The molecule has 22 heavy (non-hydrogen) atoms. The molecule has 2 heterocycles. The molecule has 2 aromatic heterocycles. The van der Waals surface area contributed by atoms with Gasteiger partial charge in [-0.1, -0.05) is 30.3 Å². The molecule has 0 aliphatic carbocycles. The summed E-state index contributed by atoms with van der Waals surface area (Å²) in [7, 11) is 0. The van der Waals surface area contributed by atoms with Gasteiger partial charge in [-0.15, -0.1) is 0 Å². The average molecular weight is 294 g/mol. The van der Waals surface area contributed by atoms with Gasteiger partial charge in [0.1, 0.15) is 11.6 Å². The van der Waals surface area contributed by atoms with Crippen LogP contribution in [0.4, 0.5) is 5.82 Å². The molecule has 0 saturated carbocycles. The molecule has 0 bridgehead atoms. The van der Waals surface area contributed by atoms with E-state index in [1.165, 1.54) is 6.20 Å². The largest absolute Gasteiger partial charge is 0.467 e. The Morgan fingerprint density at radius 3 is 2.68 bits per heavy atom. The molecule has 0 radical (unpaired) electrons. The number of carbonyl (C=O) groups is 1. The van der Waals surface area contributed by atoms with Crippen LogP contribution in [0.3, 0.4) is 0 Å². The van der Waals surface area contributed by atoms with Gasteiger partial charge < -0.3 is 15.5 Å². The zero-order chi connectivity index (χ0) is 15.4. The number of nitrogen functional groups attached to an aromatic ring is 1. The van der Waals surface area contributed by atoms with E-state index in [0.29, 0.717) is 11.6 Å². The van der Waals surface area contributed by atoms with Crippen LogP contribution in [0.2, 0.25) is 0 Å². The quantitative estimate of drug-likeness (QED) is 0.769. The summed E-state index contributed by atoms with van der Waals surface area (Å²) in [6.45, 7) is 0.283. The first-order valence-corrected chi connectivity index (χ1v) is 6.72. The summed E-state index contributed by atoms with van der Waals surface area (Å²) in [5.41, 5.74) is 6.96. The standard InChI is InChI=1S/C16H14N4O2/c17-14-13(16(21)19-9-12-7-4-8-22-12)10-18-15(20-14)11-5-2-1-3-6-11/h1-8,10H,9H2,(H,19,21)(H2,17,18,20). The van der Waals surface area contributed by atoms with Crippen molar-refractivity contribution >= 4 is 11.7 Å². The molecule has 0 saturated heterocycles. The highest BCUT2D eigenvalue weighted by Crippen LogP contribution is 2.17. The molecule has 3 rings (SSSR count). The molecular weight excluding hydrogens is 280 g/mol. The number of benzene rings is 1. The predicted octanol–water partition coefficient (Wildman–Crippen LogP) is 2.25. The van der Waals surface area contributed by atoms with Crippen molar-refractivity contribution in [2.24, 2.45) is 0 Å². The molecule has 6 heteroatoms. The number of anilines is 1. The van der Waals surface area contributed by atoms with Crippen LogP contribution in [0.25, 0.3) is 11.4 Å². The van der Waals surface area contributed by atoms with E-state index < -0.39 is 0 Å². The number of rotatable bonds is 4. The first-order chi connectivity index (χ1) is 10.7. The summed E-state index contributed by atoms with van der Waals surface area (Å²) < 4.78 is 5.15. The smallest absolute Gasteiger partial charge is 0.256 e. The van der Waals surface area contributed by atoms with Crippen molar-refractivity contribution < 1.29 is 9.21 Å². The Hall–Kier alpha value is -3.15. The van der Waals surface area contributed by atoms with E-state index >= 15 is 0 Å². The maximum absolute atomic E-state index is 12.1. The number of furan rings is 1. The van der Waals surface area contributed by atoms with Gasteiger partial charge in [0.15, 0.2) is 5.82 Å². The van der Waals surface area contributed by atoms with Gasteiger partial charge in [0.2, 0.25) is 0 Å². The third-order valence-electron chi connectivity index (χ3n) is 3.10. The van der Waals surface area contributed by atoms with Crippen molar-refractivity contribution in [3.8, 4) is 11.4 Å². The van der Waals surface area contributed by atoms with Gasteiger partial charge in [0, 0.05) is 11.8 Å². The zero-order valence-corrected chi connectivity index (χ0v) is 11.7. The second-order valence-electron chi connectivity index (χ2n) is 4.62. The maximum Gasteiger partial charge on any atom is 0.256 e. The number of hydrogen-bond donors (Lipinski definition) is 2. The molecule has 0 atom stereocenters. The molecule has 0 fully saturated rings. The summed E-state index contributed by atoms with van der Waals surface area (Å²) in [6, 6.07) is 13.0. The molecule has 3 N–H and O–H groups in total. The van der Waals surface area contributed by atoms with Crippen LogP contribution < -0.4 is 11.1 Å². The van der Waals surface area contributed by atoms with Crippen LogP contribution in [0, 0.1) is 0 Å². The third-order valence-corrected chi connectivity index (χ3v) is 3.10. The van der Waals surface area contributed by atoms with E-state index in [9.17, 15) is 4.79 Å². The topological polar surface area (TPSA) is 94.0 Å². The monoisotopic (exact) mass is 294 g/mol. The Bertz CT molecular complexity index is 770. The molecule has 0 spiro atoms. The molecular formula is C16H14N4O2. The van der Waals surface area contributed by atoms with Gasteiger partial charge in [0.05, 0.1) is 18.4 Å². The summed E-state index contributed by atoms with van der Waals surface area (Å²) in [5.74, 6) is 0.953. The average Bonchev–Trinajstić information content (AvgIpc) is 3.07. The lowest BCUT2D eigenvalue weighted by Crippen LogP contribution is -2.24. The zero-order valence-electron chi connectivity index (χ0n) is 11.7. The van der Waals surface area contributed by atoms with E-state index in [4.69, 9.17) is 10.2 Å². The van der Waals surface area contributed by atoms with E-state index in [0.717, 1.165) is 5.56 Å². The van der Waals surface area contributed by atoms with Gasteiger partial charge in [-0.25, -0.2) is 9.97 Å². The van der Waals surface area contributed by atoms with Gasteiger partial charge in [-0.05, 0) is 12.1 Å². The van der Waals surface area contributed by atoms with Crippen LogP contribution in [-0.4, -0.2) is 15.9 Å². The normalized spacial score (nSPS) is 10.4. The highest BCUT2D eigenvalue weighted by Gasteiger charge is 2.13. The fourth-order valence-corrected chi connectivity index (χ4v) is 1.97. The van der Waals surface area contributed by atoms with Crippen molar-refractivity contribution in [3.63, 3.8) is 0 Å². The van der Waals surface area contributed by atoms with Crippen LogP contribution in [0.5, 0.6) is 0 Å². The summed E-state index contributed by atoms with van der Waals surface area (Å²) >= 11 is 0. The SMILES string of the molecule is Nc1nc(-c2ccccc2)ncc1C(=O)NCc1ccco1. The first kappa shape index (κ1) is 13.8. The lowest BCUT2D eigenvalue weighted by molar-refractivity contribution is 0.0948. The lowest BCUT2D eigenvalue weighted by atomic mass is 10.2. The Balaban J connectivity index is 1.76. The molecule has 0 aliphatic rings. The highest BCUT2D eigenvalue weighted by molar-refractivity contribution is 5.98. The van der Waals surface area contributed by atoms with Crippen LogP contribution in [0.15, 0.2) is 59.3 Å². The molecule has 6 nitrogen and oxygen atoms in total. The highest BCUT2D eigenvalue weighted by atomic mass is 16.3. The van der Waals surface area contributed by atoms with Crippen molar-refractivity contribution in [3.05, 3.63) is 66.2 Å². The van der Waals surface area contributed by atoms with E-state index in [2.05, 4.69) is 15.3 Å². The lowest BCUT2D eigenvalue weighted by Gasteiger charge is -2.07. The maximum atomic E-state index is 12.1. The second-order valence-corrected chi connectivity index (χ2v) is 4.62. The Morgan fingerprint density at radius 2 is 2.00 bits per heavy atom. The predicted molar refractivity (Wildman–Crippen MR) is 81.8 cm³/mol. The number of hydrogen-bond acceptors (Lipinski definition) is 5. The van der Waals surface area contributed by atoms with Crippen LogP contribution in [-0.2, 0) is 6.54 Å². The van der Waals surface area contributed by atoms with Crippen molar-refractivity contribution in [2.75, 3.05) is 5.73 Å². The van der Waals surface area contributed by atoms with Gasteiger partial charge >= 0.3 is 0 Å². The minimum Gasteiger partial charge on any atom is -0.467 e. The fourth-order valence-electron chi connectivity index (χ4n) is 1.97. The number of carbonyl (C=O) groups excluding carboxylic acids is 1. The molecule has 1 aromatic carbocycles. The number of nitrogens with two attached hydrogens (primary N) is 1. The molecule has 110 valence electrons. The Kier molecular flexibility index (Phi) is 3.82. The molecule has 3 aromatic rings. The summed E-state index contributed by atoms with van der Waals surface area (Å²) in [5, 5.41) is 2.71. The van der Waals surface area contributed by atoms with Gasteiger partial charge in [-0.3, -0.25) is 4.79 Å². The number of nitrogens with one attached hydrogen (secondary N) is 1. The van der Waals surface area contributed by atoms with Crippen LogP contribution >= 0.6 is 0 Å². The molecule has 0 unspecified atom stereocenters. The van der Waals surface area contributed by atoms with Gasteiger partial charge in [0.25, 0.3) is 5.91 Å². The minimum atomic E-state index is -0.339. The van der Waals surface area contributed by atoms with Crippen molar-refractivity contribution in [1.29, 1.82) is 0 Å². The Morgan fingerprint density at radius 1 is 1.18 bits per heavy atom. The van der Waals surface area contributed by atoms with E-state index in [-0.39, 0.29) is 23.8 Å². The van der Waals surface area contributed by atoms with E-state index in [1.807, 2.05) is 30.3 Å². The Labute approximate surface area is 127 Å². The van der Waals surface area contributed by atoms with Crippen molar-refractivity contribution in [1.82, 2.24) is 15.3 Å². The fraction of sp³-hybridized carbons (Fsp3) is 0.0625. The first-order valence-electron chi connectivity index (χ1n) is 6.72.